The van der Waals surface area contributed by atoms with Gasteiger partial charge in [0.25, 0.3) is 0 Å². The summed E-state index contributed by atoms with van der Waals surface area (Å²) in [6.07, 6.45) is 2.32. The molecule has 0 radical (unpaired) electrons. The zero-order valence-electron chi connectivity index (χ0n) is 15.0. The van der Waals surface area contributed by atoms with Crippen LogP contribution in [0.5, 0.6) is 0 Å². The summed E-state index contributed by atoms with van der Waals surface area (Å²) in [4.78, 5) is 11.3. The second kappa shape index (κ2) is 6.80. The maximum absolute atomic E-state index is 11.3. The third-order valence-corrected chi connectivity index (χ3v) is 5.63. The summed E-state index contributed by atoms with van der Waals surface area (Å²) in [5.41, 5.74) is 4.98. The van der Waals surface area contributed by atoms with Crippen LogP contribution in [0, 0.1) is 0 Å². The van der Waals surface area contributed by atoms with Crippen LogP contribution in [0.3, 0.4) is 0 Å². The largest absolute Gasteiger partial charge is 0.326 e. The van der Waals surface area contributed by atoms with Gasteiger partial charge in [0, 0.05) is 18.0 Å². The normalized spacial score (nSPS) is 18.0. The fraction of sp³-hybridized carbons (Fsp3) is 0.208. The molecule has 1 saturated carbocycles. The maximum Gasteiger partial charge on any atom is 0.221 e. The second-order valence-corrected chi connectivity index (χ2v) is 7.10. The van der Waals surface area contributed by atoms with E-state index >= 15 is 0 Å². The predicted octanol–water partition coefficient (Wildman–Crippen LogP) is 5.51. The Morgan fingerprint density at radius 2 is 1.38 bits per heavy atom. The minimum atomic E-state index is -0.0377. The minimum absolute atomic E-state index is 0.0258. The van der Waals surface area contributed by atoms with Gasteiger partial charge in [-0.15, -0.1) is 0 Å². The summed E-state index contributed by atoms with van der Waals surface area (Å²) < 4.78 is 0. The molecule has 0 saturated heterocycles. The van der Waals surface area contributed by atoms with Crippen molar-refractivity contribution >= 4 is 11.6 Å². The van der Waals surface area contributed by atoms with E-state index in [1.165, 1.54) is 30.0 Å². The van der Waals surface area contributed by atoms with Gasteiger partial charge in [0.2, 0.25) is 5.91 Å². The molecule has 0 heterocycles. The highest BCUT2D eigenvalue weighted by molar-refractivity contribution is 5.88. The quantitative estimate of drug-likeness (QED) is 0.666. The van der Waals surface area contributed by atoms with Crippen LogP contribution in [0.4, 0.5) is 5.69 Å². The van der Waals surface area contributed by atoms with Crippen LogP contribution in [0.2, 0.25) is 0 Å². The smallest absolute Gasteiger partial charge is 0.221 e. The summed E-state index contributed by atoms with van der Waals surface area (Å²) in [5.74, 6) is 0.406. The minimum Gasteiger partial charge on any atom is -0.326 e. The average Bonchev–Trinajstić information content (AvgIpc) is 2.64. The van der Waals surface area contributed by atoms with Gasteiger partial charge >= 0.3 is 0 Å². The van der Waals surface area contributed by atoms with Gasteiger partial charge in [0.1, 0.15) is 0 Å². The standard InChI is InChI=1S/C24H23NO/c1-18(26)25-22-14-12-19(13-15-22)23-16-17-24(23,20-8-4-2-5-9-20)21-10-6-3-7-11-21/h2-15,23H,16-17H2,1H3,(H,25,26). The van der Waals surface area contributed by atoms with Gasteiger partial charge in [-0.25, -0.2) is 0 Å². The first kappa shape index (κ1) is 16.6. The molecular formula is C24H23NO. The van der Waals surface area contributed by atoms with Gasteiger partial charge in [-0.2, -0.15) is 0 Å². The van der Waals surface area contributed by atoms with Crippen LogP contribution in [0.15, 0.2) is 84.9 Å². The monoisotopic (exact) mass is 341 g/mol. The molecule has 130 valence electrons. The van der Waals surface area contributed by atoms with Crippen LogP contribution in [-0.2, 0) is 10.2 Å². The summed E-state index contributed by atoms with van der Waals surface area (Å²) in [6.45, 7) is 1.54. The molecule has 1 aliphatic carbocycles. The van der Waals surface area contributed by atoms with Crippen molar-refractivity contribution in [2.45, 2.75) is 31.1 Å². The molecular weight excluding hydrogens is 318 g/mol. The van der Waals surface area contributed by atoms with Crippen molar-refractivity contribution in [3.05, 3.63) is 102 Å². The third-order valence-electron chi connectivity index (χ3n) is 5.63. The van der Waals surface area contributed by atoms with Crippen LogP contribution in [0.25, 0.3) is 0 Å². The van der Waals surface area contributed by atoms with Crippen LogP contribution >= 0.6 is 0 Å². The average molecular weight is 341 g/mol. The lowest BCUT2D eigenvalue weighted by molar-refractivity contribution is -0.114. The van der Waals surface area contributed by atoms with Gasteiger partial charge in [0.05, 0.1) is 0 Å². The number of anilines is 1. The summed E-state index contributed by atoms with van der Waals surface area (Å²) >= 11 is 0. The highest BCUT2D eigenvalue weighted by Crippen LogP contribution is 2.58. The molecule has 26 heavy (non-hydrogen) atoms. The fourth-order valence-electron chi connectivity index (χ4n) is 4.36. The Hall–Kier alpha value is -2.87. The summed E-state index contributed by atoms with van der Waals surface area (Å²) in [7, 11) is 0. The first-order chi connectivity index (χ1) is 12.7. The Bertz CT molecular complexity index is 845. The Labute approximate surface area is 154 Å². The van der Waals surface area contributed by atoms with Gasteiger partial charge in [0.15, 0.2) is 0 Å². The SMILES string of the molecule is CC(=O)Nc1ccc(C2CCC2(c2ccccc2)c2ccccc2)cc1. The Balaban J connectivity index is 1.75. The number of nitrogens with one attached hydrogen (secondary N) is 1. The second-order valence-electron chi connectivity index (χ2n) is 7.10. The van der Waals surface area contributed by atoms with E-state index in [4.69, 9.17) is 0 Å². The van der Waals surface area contributed by atoms with E-state index in [-0.39, 0.29) is 11.3 Å². The van der Waals surface area contributed by atoms with E-state index in [2.05, 4.69) is 78.1 Å². The Morgan fingerprint density at radius 3 is 1.81 bits per heavy atom. The van der Waals surface area contributed by atoms with Crippen molar-refractivity contribution in [3.63, 3.8) is 0 Å². The van der Waals surface area contributed by atoms with Crippen molar-refractivity contribution in [2.24, 2.45) is 0 Å². The van der Waals surface area contributed by atoms with Crippen molar-refractivity contribution in [1.29, 1.82) is 0 Å². The first-order valence-electron chi connectivity index (χ1n) is 9.19. The number of carbonyl (C=O) groups excluding carboxylic acids is 1. The number of hydrogen-bond donors (Lipinski definition) is 1. The van der Waals surface area contributed by atoms with Gasteiger partial charge < -0.3 is 5.32 Å². The molecule has 1 fully saturated rings. The molecule has 4 rings (SSSR count). The molecule has 1 N–H and O–H groups in total. The van der Waals surface area contributed by atoms with Crippen molar-refractivity contribution in [1.82, 2.24) is 0 Å². The third kappa shape index (κ3) is 2.82. The Morgan fingerprint density at radius 1 is 0.846 bits per heavy atom. The van der Waals surface area contributed by atoms with Gasteiger partial charge in [-0.05, 0) is 47.6 Å². The van der Waals surface area contributed by atoms with E-state index in [0.29, 0.717) is 5.92 Å². The van der Waals surface area contributed by atoms with E-state index < -0.39 is 0 Å². The number of carbonyl (C=O) groups is 1. The lowest BCUT2D eigenvalue weighted by Gasteiger charge is -2.51. The molecule has 2 heteroatoms. The van der Waals surface area contributed by atoms with E-state index in [1.807, 2.05) is 12.1 Å². The molecule has 3 aromatic carbocycles. The highest BCUT2D eigenvalue weighted by atomic mass is 16.1. The van der Waals surface area contributed by atoms with Crippen LogP contribution < -0.4 is 5.32 Å². The number of rotatable bonds is 4. The van der Waals surface area contributed by atoms with Crippen molar-refractivity contribution in [3.8, 4) is 0 Å². The zero-order chi connectivity index (χ0) is 18.0. The fourth-order valence-corrected chi connectivity index (χ4v) is 4.36. The van der Waals surface area contributed by atoms with Crippen molar-refractivity contribution in [2.75, 3.05) is 5.32 Å². The molecule has 0 bridgehead atoms. The number of benzene rings is 3. The molecule has 1 atom stereocenters. The molecule has 0 aromatic heterocycles. The zero-order valence-corrected chi connectivity index (χ0v) is 15.0. The topological polar surface area (TPSA) is 29.1 Å². The first-order valence-corrected chi connectivity index (χ1v) is 9.19. The molecule has 1 aliphatic rings. The lowest BCUT2D eigenvalue weighted by Crippen LogP contribution is -2.43. The predicted molar refractivity (Wildman–Crippen MR) is 106 cm³/mol. The van der Waals surface area contributed by atoms with Crippen molar-refractivity contribution < 1.29 is 4.79 Å². The maximum atomic E-state index is 11.3. The number of hydrogen-bond acceptors (Lipinski definition) is 1. The number of amides is 1. The van der Waals surface area contributed by atoms with Gasteiger partial charge in [-0.1, -0.05) is 72.8 Å². The Kier molecular flexibility index (Phi) is 4.34. The van der Waals surface area contributed by atoms with E-state index in [1.54, 1.807) is 0 Å². The highest BCUT2D eigenvalue weighted by Gasteiger charge is 2.49. The molecule has 3 aromatic rings. The molecule has 1 amide bonds. The van der Waals surface area contributed by atoms with Gasteiger partial charge in [-0.3, -0.25) is 4.79 Å². The summed E-state index contributed by atoms with van der Waals surface area (Å²) in [6, 6.07) is 30.1. The molecule has 0 spiro atoms. The van der Waals surface area contributed by atoms with Crippen LogP contribution in [0.1, 0.15) is 42.4 Å². The molecule has 1 unspecified atom stereocenters. The molecule has 2 nitrogen and oxygen atoms in total. The van der Waals surface area contributed by atoms with E-state index in [0.717, 1.165) is 12.1 Å². The summed E-state index contributed by atoms with van der Waals surface area (Å²) in [5, 5.41) is 2.85. The lowest BCUT2D eigenvalue weighted by atomic mass is 9.52. The van der Waals surface area contributed by atoms with Crippen LogP contribution in [-0.4, -0.2) is 5.91 Å². The molecule has 0 aliphatic heterocycles. The van der Waals surface area contributed by atoms with E-state index in [9.17, 15) is 4.79 Å².